The van der Waals surface area contributed by atoms with E-state index in [0.717, 1.165) is 55.5 Å². The average Bonchev–Trinajstić information content (AvgIpc) is 3.18. The molecule has 3 heterocycles. The van der Waals surface area contributed by atoms with Gasteiger partial charge in [0, 0.05) is 62.0 Å². The molecule has 0 amide bonds. The Labute approximate surface area is 171 Å². The first-order chi connectivity index (χ1) is 13.7. The highest BCUT2D eigenvalue weighted by molar-refractivity contribution is 7.09. The molecule has 1 saturated heterocycles. The van der Waals surface area contributed by atoms with Crippen molar-refractivity contribution in [1.82, 2.24) is 14.9 Å². The molecule has 1 fully saturated rings. The summed E-state index contributed by atoms with van der Waals surface area (Å²) in [6.07, 6.45) is 2.02. The van der Waals surface area contributed by atoms with Gasteiger partial charge in [0.15, 0.2) is 0 Å². The first kappa shape index (κ1) is 19.3. The lowest BCUT2D eigenvalue weighted by molar-refractivity contribution is 0.0760. The number of nitrogens with zero attached hydrogens (tertiary/aromatic N) is 4. The van der Waals surface area contributed by atoms with Crippen LogP contribution in [0.1, 0.15) is 36.2 Å². The van der Waals surface area contributed by atoms with Crippen LogP contribution in [0, 0.1) is 6.92 Å². The summed E-state index contributed by atoms with van der Waals surface area (Å²) in [7, 11) is 0. The van der Waals surface area contributed by atoms with Crippen LogP contribution in [0.4, 0.5) is 5.69 Å². The molecule has 1 unspecified atom stereocenters. The third kappa shape index (κ3) is 4.04. The highest BCUT2D eigenvalue weighted by Gasteiger charge is 2.20. The SMILES string of the molecule is CCOC(C)c1nc(CN2CCN(c3ccnc4c(C)cccc34)CC2)cs1. The van der Waals surface area contributed by atoms with E-state index in [2.05, 4.69) is 58.3 Å². The lowest BCUT2D eigenvalue weighted by Gasteiger charge is -2.36. The van der Waals surface area contributed by atoms with Gasteiger partial charge in [0.2, 0.25) is 0 Å². The normalized spacial score (nSPS) is 16.6. The van der Waals surface area contributed by atoms with Crippen LogP contribution in [0.5, 0.6) is 0 Å². The van der Waals surface area contributed by atoms with Gasteiger partial charge in [-0.25, -0.2) is 4.98 Å². The maximum atomic E-state index is 5.66. The van der Waals surface area contributed by atoms with Crippen LogP contribution in [-0.4, -0.2) is 47.7 Å². The fraction of sp³-hybridized carbons (Fsp3) is 0.455. The summed E-state index contributed by atoms with van der Waals surface area (Å²) in [5.41, 5.74) is 4.80. The molecular formula is C22H28N4OS. The zero-order valence-corrected chi connectivity index (χ0v) is 17.7. The molecule has 5 nitrogen and oxygen atoms in total. The Bertz CT molecular complexity index is 933. The van der Waals surface area contributed by atoms with Crippen LogP contribution in [-0.2, 0) is 11.3 Å². The van der Waals surface area contributed by atoms with Crippen molar-refractivity contribution in [2.24, 2.45) is 0 Å². The Kier molecular flexibility index (Phi) is 5.90. The van der Waals surface area contributed by atoms with Crippen molar-refractivity contribution in [3.05, 3.63) is 52.1 Å². The summed E-state index contributed by atoms with van der Waals surface area (Å²) in [6, 6.07) is 8.60. The molecule has 1 aliphatic rings. The number of aryl methyl sites for hydroxylation is 1. The summed E-state index contributed by atoms with van der Waals surface area (Å²) >= 11 is 1.71. The molecule has 1 aromatic carbocycles. The molecule has 3 aromatic rings. The number of pyridine rings is 1. The molecule has 0 radical (unpaired) electrons. The monoisotopic (exact) mass is 396 g/mol. The number of piperazine rings is 1. The molecule has 4 rings (SSSR count). The second kappa shape index (κ2) is 8.55. The van der Waals surface area contributed by atoms with Crippen molar-refractivity contribution in [3.63, 3.8) is 0 Å². The number of hydrogen-bond acceptors (Lipinski definition) is 6. The maximum absolute atomic E-state index is 5.66. The minimum atomic E-state index is 0.0871. The summed E-state index contributed by atoms with van der Waals surface area (Å²) in [6.45, 7) is 12.0. The highest BCUT2D eigenvalue weighted by Crippen LogP contribution is 2.28. The minimum absolute atomic E-state index is 0.0871. The van der Waals surface area contributed by atoms with Crippen molar-refractivity contribution in [3.8, 4) is 0 Å². The van der Waals surface area contributed by atoms with E-state index in [1.807, 2.05) is 13.1 Å². The van der Waals surface area contributed by atoms with E-state index in [4.69, 9.17) is 9.72 Å². The number of para-hydroxylation sites is 1. The van der Waals surface area contributed by atoms with Crippen molar-refractivity contribution < 1.29 is 4.74 Å². The van der Waals surface area contributed by atoms with Gasteiger partial charge in [0.05, 0.1) is 11.2 Å². The average molecular weight is 397 g/mol. The van der Waals surface area contributed by atoms with Gasteiger partial charge in [-0.05, 0) is 32.4 Å². The van der Waals surface area contributed by atoms with Gasteiger partial charge >= 0.3 is 0 Å². The summed E-state index contributed by atoms with van der Waals surface area (Å²) < 4.78 is 5.66. The largest absolute Gasteiger partial charge is 0.372 e. The second-order valence-corrected chi connectivity index (χ2v) is 8.23. The third-order valence-corrected chi connectivity index (χ3v) is 6.44. The van der Waals surface area contributed by atoms with Gasteiger partial charge in [-0.3, -0.25) is 9.88 Å². The molecule has 28 heavy (non-hydrogen) atoms. The number of benzene rings is 1. The van der Waals surface area contributed by atoms with Gasteiger partial charge in [0.1, 0.15) is 11.1 Å². The molecule has 0 bridgehead atoms. The molecule has 2 aromatic heterocycles. The number of aromatic nitrogens is 2. The minimum Gasteiger partial charge on any atom is -0.372 e. The zero-order valence-electron chi connectivity index (χ0n) is 16.9. The molecule has 148 valence electrons. The van der Waals surface area contributed by atoms with Gasteiger partial charge in [-0.1, -0.05) is 18.2 Å². The van der Waals surface area contributed by atoms with E-state index >= 15 is 0 Å². The Balaban J connectivity index is 1.40. The molecular weight excluding hydrogens is 368 g/mol. The molecule has 0 spiro atoms. The quantitative estimate of drug-likeness (QED) is 0.617. The molecule has 0 N–H and O–H groups in total. The first-order valence-electron chi connectivity index (χ1n) is 10.0. The van der Waals surface area contributed by atoms with Crippen molar-refractivity contribution in [1.29, 1.82) is 0 Å². The molecule has 1 atom stereocenters. The van der Waals surface area contributed by atoms with Crippen LogP contribution in [0.25, 0.3) is 10.9 Å². The van der Waals surface area contributed by atoms with Crippen molar-refractivity contribution in [2.75, 3.05) is 37.7 Å². The Morgan fingerprint density at radius 2 is 2.00 bits per heavy atom. The van der Waals surface area contributed by atoms with Gasteiger partial charge < -0.3 is 9.64 Å². The van der Waals surface area contributed by atoms with E-state index in [-0.39, 0.29) is 6.10 Å². The van der Waals surface area contributed by atoms with Crippen molar-refractivity contribution >= 4 is 27.9 Å². The van der Waals surface area contributed by atoms with E-state index in [0.29, 0.717) is 0 Å². The van der Waals surface area contributed by atoms with Crippen LogP contribution < -0.4 is 4.90 Å². The second-order valence-electron chi connectivity index (χ2n) is 7.34. The molecule has 0 aliphatic carbocycles. The number of rotatable bonds is 6. The highest BCUT2D eigenvalue weighted by atomic mass is 32.1. The number of anilines is 1. The first-order valence-corrected chi connectivity index (χ1v) is 10.9. The molecule has 0 saturated carbocycles. The topological polar surface area (TPSA) is 41.5 Å². The standard InChI is InChI=1S/C22H28N4OS/c1-4-27-17(3)22-24-18(15-28-22)14-25-10-12-26(13-11-25)20-8-9-23-21-16(2)6-5-7-19(20)21/h5-9,15,17H,4,10-14H2,1-3H3. The van der Waals surface area contributed by atoms with Crippen LogP contribution in [0.15, 0.2) is 35.8 Å². The van der Waals surface area contributed by atoms with Gasteiger partial charge in [-0.2, -0.15) is 0 Å². The summed E-state index contributed by atoms with van der Waals surface area (Å²) in [5.74, 6) is 0. The third-order valence-electron chi connectivity index (χ3n) is 5.38. The zero-order chi connectivity index (χ0) is 19.5. The van der Waals surface area contributed by atoms with Gasteiger partial charge in [0.25, 0.3) is 0 Å². The lowest BCUT2D eigenvalue weighted by atomic mass is 10.1. The number of hydrogen-bond donors (Lipinski definition) is 0. The maximum Gasteiger partial charge on any atom is 0.122 e. The summed E-state index contributed by atoms with van der Waals surface area (Å²) in [4.78, 5) is 14.3. The summed E-state index contributed by atoms with van der Waals surface area (Å²) in [5, 5.41) is 4.51. The molecule has 1 aliphatic heterocycles. The molecule has 6 heteroatoms. The number of ether oxygens (including phenoxy) is 1. The van der Waals surface area contributed by atoms with E-state index in [1.165, 1.54) is 16.6 Å². The predicted molar refractivity (Wildman–Crippen MR) is 116 cm³/mol. The van der Waals surface area contributed by atoms with E-state index < -0.39 is 0 Å². The van der Waals surface area contributed by atoms with Crippen LogP contribution in [0.3, 0.4) is 0 Å². The fourth-order valence-corrected chi connectivity index (χ4v) is 4.68. The number of thiazole rings is 1. The van der Waals surface area contributed by atoms with Gasteiger partial charge in [-0.15, -0.1) is 11.3 Å². The van der Waals surface area contributed by atoms with Crippen LogP contribution >= 0.6 is 11.3 Å². The fourth-order valence-electron chi connectivity index (χ4n) is 3.86. The lowest BCUT2D eigenvalue weighted by Crippen LogP contribution is -2.46. The Hall–Kier alpha value is -2.02. The Morgan fingerprint density at radius 3 is 2.79 bits per heavy atom. The predicted octanol–water partition coefficient (Wildman–Crippen LogP) is 4.42. The van der Waals surface area contributed by atoms with E-state index in [9.17, 15) is 0 Å². The Morgan fingerprint density at radius 1 is 1.18 bits per heavy atom. The smallest absolute Gasteiger partial charge is 0.122 e. The van der Waals surface area contributed by atoms with Crippen LogP contribution in [0.2, 0.25) is 0 Å². The van der Waals surface area contributed by atoms with E-state index in [1.54, 1.807) is 11.3 Å². The number of fused-ring (bicyclic) bond motifs is 1. The van der Waals surface area contributed by atoms with Crippen molar-refractivity contribution in [2.45, 2.75) is 33.4 Å².